The third-order valence-corrected chi connectivity index (χ3v) is 3.10. The Morgan fingerprint density at radius 3 is 2.24 bits per heavy atom. The number of carbonyl (C=O) groups excluding carboxylic acids is 1. The Kier molecular flexibility index (Phi) is 4.23. The first-order valence-electron chi connectivity index (χ1n) is 4.84. The molecule has 0 atom stereocenters. The monoisotopic (exact) mass is 251 g/mol. The smallest absolute Gasteiger partial charge is 0.241 e. The lowest BCUT2D eigenvalue weighted by Crippen LogP contribution is -2.04. The first kappa shape index (κ1) is 13.2. The summed E-state index contributed by atoms with van der Waals surface area (Å²) in [5.41, 5.74) is 5.75. The van der Waals surface area contributed by atoms with Crippen molar-refractivity contribution >= 4 is 21.8 Å². The van der Waals surface area contributed by atoms with E-state index in [1.165, 1.54) is 24.3 Å². The maximum absolute atomic E-state index is 11.2. The molecule has 0 fully saturated rings. The molecule has 4 nitrogen and oxygen atoms in total. The highest BCUT2D eigenvalue weighted by Gasteiger charge is 2.04. The Labute approximate surface area is 100 Å². The fraction of sp³-hybridized carbons (Fsp3) is 0.0833. The van der Waals surface area contributed by atoms with E-state index in [4.69, 9.17) is 5.73 Å². The number of allylic oxidation sites excluding steroid dienone is 2. The van der Waals surface area contributed by atoms with Gasteiger partial charge in [-0.15, -0.1) is 0 Å². The Hall–Kier alpha value is -1.88. The second kappa shape index (κ2) is 5.45. The van der Waals surface area contributed by atoms with Crippen LogP contribution in [0.2, 0.25) is 0 Å². The summed E-state index contributed by atoms with van der Waals surface area (Å²) in [5, 5.41) is 0. The molecule has 0 heterocycles. The Balaban J connectivity index is 2.79. The topological polar surface area (TPSA) is 77.2 Å². The van der Waals surface area contributed by atoms with Gasteiger partial charge in [0.1, 0.15) is 0 Å². The van der Waals surface area contributed by atoms with Crippen LogP contribution < -0.4 is 5.73 Å². The maximum Gasteiger partial charge on any atom is 0.241 e. The van der Waals surface area contributed by atoms with Crippen LogP contribution in [0.5, 0.6) is 0 Å². The summed E-state index contributed by atoms with van der Waals surface area (Å²) in [4.78, 5) is 10.7. The van der Waals surface area contributed by atoms with Crippen LogP contribution in [0.3, 0.4) is 0 Å². The zero-order valence-electron chi connectivity index (χ0n) is 9.33. The fourth-order valence-electron chi connectivity index (χ4n) is 1.14. The number of sulfone groups is 1. The van der Waals surface area contributed by atoms with Gasteiger partial charge in [0.15, 0.2) is 9.84 Å². The maximum atomic E-state index is 11.2. The first-order chi connectivity index (χ1) is 7.89. The summed E-state index contributed by atoms with van der Waals surface area (Å²) < 4.78 is 22.4. The highest BCUT2D eigenvalue weighted by molar-refractivity contribution is 7.90. The van der Waals surface area contributed by atoms with Gasteiger partial charge >= 0.3 is 0 Å². The fourth-order valence-corrected chi connectivity index (χ4v) is 1.77. The van der Waals surface area contributed by atoms with Gasteiger partial charge in [-0.05, 0) is 17.7 Å². The van der Waals surface area contributed by atoms with Crippen LogP contribution in [0.25, 0.3) is 6.08 Å². The average molecular weight is 251 g/mol. The minimum absolute atomic E-state index is 0.280. The lowest BCUT2D eigenvalue weighted by Gasteiger charge is -1.98. The molecule has 0 bridgehead atoms. The second-order valence-electron chi connectivity index (χ2n) is 3.46. The predicted octanol–water partition coefficient (Wildman–Crippen LogP) is 1.14. The van der Waals surface area contributed by atoms with Gasteiger partial charge < -0.3 is 5.73 Å². The lowest BCUT2D eigenvalue weighted by atomic mass is 10.2. The number of carbonyl (C=O) groups is 1. The van der Waals surface area contributed by atoms with E-state index >= 15 is 0 Å². The Morgan fingerprint density at radius 1 is 1.18 bits per heavy atom. The minimum atomic E-state index is -3.16. The molecular weight excluding hydrogens is 238 g/mol. The first-order valence-corrected chi connectivity index (χ1v) is 6.73. The summed E-state index contributed by atoms with van der Waals surface area (Å²) in [6.45, 7) is 0. The van der Waals surface area contributed by atoms with Gasteiger partial charge in [0, 0.05) is 12.3 Å². The molecule has 0 aromatic heterocycles. The summed E-state index contributed by atoms with van der Waals surface area (Å²) >= 11 is 0. The predicted molar refractivity (Wildman–Crippen MR) is 66.9 cm³/mol. The van der Waals surface area contributed by atoms with Gasteiger partial charge in [-0.25, -0.2) is 8.42 Å². The third-order valence-electron chi connectivity index (χ3n) is 1.97. The van der Waals surface area contributed by atoms with E-state index in [0.29, 0.717) is 0 Å². The molecule has 0 aliphatic heterocycles. The highest BCUT2D eigenvalue weighted by atomic mass is 32.2. The van der Waals surface area contributed by atoms with Crippen molar-refractivity contribution in [1.82, 2.24) is 0 Å². The van der Waals surface area contributed by atoms with Crippen molar-refractivity contribution in [3.8, 4) is 0 Å². The molecule has 1 rings (SSSR count). The van der Waals surface area contributed by atoms with Crippen molar-refractivity contribution in [3.63, 3.8) is 0 Å². The van der Waals surface area contributed by atoms with Crippen LogP contribution in [0.4, 0.5) is 0 Å². The second-order valence-corrected chi connectivity index (χ2v) is 5.48. The number of rotatable bonds is 4. The van der Waals surface area contributed by atoms with Gasteiger partial charge in [0.05, 0.1) is 4.90 Å². The number of hydrogen-bond acceptors (Lipinski definition) is 3. The summed E-state index contributed by atoms with van der Waals surface area (Å²) in [5.74, 6) is -0.512. The molecule has 0 spiro atoms. The van der Waals surface area contributed by atoms with E-state index in [9.17, 15) is 13.2 Å². The van der Waals surface area contributed by atoms with E-state index in [2.05, 4.69) is 0 Å². The Morgan fingerprint density at radius 2 is 1.76 bits per heavy atom. The molecule has 0 unspecified atom stereocenters. The number of nitrogens with two attached hydrogens (primary N) is 1. The molecule has 90 valence electrons. The molecule has 0 saturated carbocycles. The van der Waals surface area contributed by atoms with Crippen molar-refractivity contribution in [2.24, 2.45) is 5.73 Å². The van der Waals surface area contributed by atoms with E-state index in [1.54, 1.807) is 24.3 Å². The largest absolute Gasteiger partial charge is 0.366 e. The summed E-state index contributed by atoms with van der Waals surface area (Å²) in [6.07, 6.45) is 7.31. The molecule has 1 amide bonds. The number of amides is 1. The normalized spacial score (nSPS) is 12.3. The van der Waals surface area contributed by atoms with E-state index in [0.717, 1.165) is 11.8 Å². The summed E-state index contributed by atoms with van der Waals surface area (Å²) in [6, 6.07) is 6.44. The van der Waals surface area contributed by atoms with Crippen LogP contribution in [-0.2, 0) is 14.6 Å². The Bertz CT molecular complexity index is 554. The number of benzene rings is 1. The van der Waals surface area contributed by atoms with Crippen LogP contribution >= 0.6 is 0 Å². The van der Waals surface area contributed by atoms with E-state index in [1.807, 2.05) is 0 Å². The van der Waals surface area contributed by atoms with Gasteiger partial charge in [-0.1, -0.05) is 30.4 Å². The molecular formula is C12H13NO3S. The zero-order chi connectivity index (χ0) is 12.9. The number of hydrogen-bond donors (Lipinski definition) is 1. The molecule has 0 aliphatic rings. The molecule has 1 aromatic carbocycles. The van der Waals surface area contributed by atoms with Crippen LogP contribution in [-0.4, -0.2) is 20.6 Å². The SMILES string of the molecule is CS(=O)(=O)c1ccc(/C=C/C=C/C(N)=O)cc1. The van der Waals surface area contributed by atoms with Crippen molar-refractivity contribution in [2.45, 2.75) is 4.90 Å². The van der Waals surface area contributed by atoms with Crippen molar-refractivity contribution in [3.05, 3.63) is 48.1 Å². The average Bonchev–Trinajstić information content (AvgIpc) is 2.23. The van der Waals surface area contributed by atoms with Crippen LogP contribution in [0.1, 0.15) is 5.56 Å². The number of primary amides is 1. The summed E-state index contributed by atoms with van der Waals surface area (Å²) in [7, 11) is -3.16. The van der Waals surface area contributed by atoms with Crippen molar-refractivity contribution < 1.29 is 13.2 Å². The van der Waals surface area contributed by atoms with E-state index < -0.39 is 15.7 Å². The van der Waals surface area contributed by atoms with Crippen molar-refractivity contribution in [2.75, 3.05) is 6.26 Å². The van der Waals surface area contributed by atoms with E-state index in [-0.39, 0.29) is 4.90 Å². The molecule has 5 heteroatoms. The van der Waals surface area contributed by atoms with Gasteiger partial charge in [-0.2, -0.15) is 0 Å². The minimum Gasteiger partial charge on any atom is -0.366 e. The molecule has 0 aliphatic carbocycles. The van der Waals surface area contributed by atoms with Gasteiger partial charge in [-0.3, -0.25) is 4.79 Å². The third kappa shape index (κ3) is 4.65. The molecule has 0 radical (unpaired) electrons. The van der Waals surface area contributed by atoms with Gasteiger partial charge in [0.25, 0.3) is 0 Å². The van der Waals surface area contributed by atoms with Crippen molar-refractivity contribution in [1.29, 1.82) is 0 Å². The van der Waals surface area contributed by atoms with Gasteiger partial charge in [0.2, 0.25) is 5.91 Å². The molecule has 0 saturated heterocycles. The standard InChI is InChI=1S/C12H13NO3S/c1-17(15,16)11-8-6-10(7-9-11)4-2-3-5-12(13)14/h2-9H,1H3,(H2,13,14)/b4-2+,5-3+. The highest BCUT2D eigenvalue weighted by Crippen LogP contribution is 2.11. The quantitative estimate of drug-likeness (QED) is 0.644. The lowest BCUT2D eigenvalue weighted by molar-refractivity contribution is -0.113. The zero-order valence-corrected chi connectivity index (χ0v) is 10.1. The molecule has 17 heavy (non-hydrogen) atoms. The van der Waals surface area contributed by atoms with Crippen LogP contribution in [0.15, 0.2) is 47.4 Å². The van der Waals surface area contributed by atoms with Crippen LogP contribution in [0, 0.1) is 0 Å². The molecule has 1 aromatic rings. The molecule has 2 N–H and O–H groups in total.